The number of nitrogens with one attached hydrogen (secondary N) is 1. The fraction of sp³-hybridized carbons (Fsp3) is 0.222. The molecule has 0 aromatic heterocycles. The van der Waals surface area contributed by atoms with Gasteiger partial charge in [-0.3, -0.25) is 0 Å². The van der Waals surface area contributed by atoms with E-state index in [0.717, 1.165) is 28.2 Å². The van der Waals surface area contributed by atoms with E-state index in [2.05, 4.69) is 5.32 Å². The van der Waals surface area contributed by atoms with E-state index in [9.17, 15) is 5.11 Å². The highest BCUT2D eigenvalue weighted by Gasteiger charge is 2.28. The SMILES string of the molecule is COc1ccc(C(O)C2NC=Cc3cc4c(cc32)OCO4)cc1. The topological polar surface area (TPSA) is 60.0 Å². The number of fused-ring (bicyclic) bond motifs is 2. The van der Waals surface area contributed by atoms with Gasteiger partial charge in [-0.05, 0) is 53.2 Å². The van der Waals surface area contributed by atoms with Crippen molar-refractivity contribution < 1.29 is 19.3 Å². The zero-order valence-electron chi connectivity index (χ0n) is 12.7. The summed E-state index contributed by atoms with van der Waals surface area (Å²) in [6.45, 7) is 0.237. The normalized spacial score (nSPS) is 19.0. The van der Waals surface area contributed by atoms with Gasteiger partial charge in [0.2, 0.25) is 6.79 Å². The fourth-order valence-electron chi connectivity index (χ4n) is 2.97. The molecule has 23 heavy (non-hydrogen) atoms. The summed E-state index contributed by atoms with van der Waals surface area (Å²) in [5.74, 6) is 2.22. The van der Waals surface area contributed by atoms with Gasteiger partial charge in [0, 0.05) is 0 Å². The van der Waals surface area contributed by atoms with Gasteiger partial charge < -0.3 is 24.6 Å². The molecule has 2 aromatic rings. The first-order chi connectivity index (χ1) is 11.3. The quantitative estimate of drug-likeness (QED) is 0.913. The Hall–Kier alpha value is -2.66. The van der Waals surface area contributed by atoms with Crippen molar-refractivity contribution in [2.75, 3.05) is 13.9 Å². The van der Waals surface area contributed by atoms with E-state index in [1.54, 1.807) is 7.11 Å². The lowest BCUT2D eigenvalue weighted by Crippen LogP contribution is -2.26. The molecule has 0 spiro atoms. The Balaban J connectivity index is 1.68. The van der Waals surface area contributed by atoms with Crippen LogP contribution < -0.4 is 19.5 Å². The zero-order valence-corrected chi connectivity index (χ0v) is 12.7. The van der Waals surface area contributed by atoms with Gasteiger partial charge in [-0.2, -0.15) is 0 Å². The standard InChI is InChI=1S/C18H17NO4/c1-21-13-4-2-11(3-5-13)18(20)17-14-9-16-15(22-10-23-16)8-12(14)6-7-19-17/h2-9,17-20H,10H2,1H3. The van der Waals surface area contributed by atoms with Crippen molar-refractivity contribution in [2.24, 2.45) is 0 Å². The smallest absolute Gasteiger partial charge is 0.231 e. The number of ether oxygens (including phenoxy) is 3. The van der Waals surface area contributed by atoms with Crippen molar-refractivity contribution in [3.8, 4) is 17.2 Å². The molecule has 0 saturated carbocycles. The molecule has 2 heterocycles. The number of hydrogen-bond acceptors (Lipinski definition) is 5. The third-order valence-electron chi connectivity index (χ3n) is 4.23. The van der Waals surface area contributed by atoms with Crippen LogP contribution in [0.15, 0.2) is 42.6 Å². The average Bonchev–Trinajstić information content (AvgIpc) is 3.06. The summed E-state index contributed by atoms with van der Waals surface area (Å²) in [4.78, 5) is 0. The molecule has 0 aliphatic carbocycles. The van der Waals surface area contributed by atoms with Crippen LogP contribution in [0.3, 0.4) is 0 Å². The Morgan fingerprint density at radius 1 is 1.17 bits per heavy atom. The van der Waals surface area contributed by atoms with Crippen molar-refractivity contribution in [2.45, 2.75) is 12.1 Å². The maximum absolute atomic E-state index is 10.8. The highest BCUT2D eigenvalue weighted by molar-refractivity contribution is 5.63. The van der Waals surface area contributed by atoms with E-state index < -0.39 is 6.10 Å². The van der Waals surface area contributed by atoms with E-state index in [-0.39, 0.29) is 12.8 Å². The first kappa shape index (κ1) is 14.0. The molecule has 5 nitrogen and oxygen atoms in total. The maximum Gasteiger partial charge on any atom is 0.231 e. The predicted octanol–water partition coefficient (Wildman–Crippen LogP) is 2.77. The van der Waals surface area contributed by atoms with Crippen LogP contribution in [0.1, 0.15) is 28.8 Å². The van der Waals surface area contributed by atoms with Crippen LogP contribution >= 0.6 is 0 Å². The lowest BCUT2D eigenvalue weighted by atomic mass is 9.90. The van der Waals surface area contributed by atoms with Crippen molar-refractivity contribution >= 4 is 6.08 Å². The van der Waals surface area contributed by atoms with E-state index >= 15 is 0 Å². The Morgan fingerprint density at radius 3 is 2.65 bits per heavy atom. The van der Waals surface area contributed by atoms with Gasteiger partial charge in [-0.1, -0.05) is 12.1 Å². The summed E-state index contributed by atoms with van der Waals surface area (Å²) in [6, 6.07) is 11.1. The lowest BCUT2D eigenvalue weighted by molar-refractivity contribution is 0.134. The minimum Gasteiger partial charge on any atom is -0.497 e. The first-order valence-electron chi connectivity index (χ1n) is 7.44. The van der Waals surface area contributed by atoms with Gasteiger partial charge in [0.25, 0.3) is 0 Å². The summed E-state index contributed by atoms with van der Waals surface area (Å²) in [7, 11) is 1.62. The predicted molar refractivity (Wildman–Crippen MR) is 85.4 cm³/mol. The molecule has 4 rings (SSSR count). The Morgan fingerprint density at radius 2 is 1.91 bits per heavy atom. The molecule has 0 amide bonds. The maximum atomic E-state index is 10.8. The van der Waals surface area contributed by atoms with E-state index in [1.165, 1.54) is 0 Å². The highest BCUT2D eigenvalue weighted by Crippen LogP contribution is 2.41. The Bertz CT molecular complexity index is 754. The number of hydrogen-bond donors (Lipinski definition) is 2. The largest absolute Gasteiger partial charge is 0.497 e. The second-order valence-corrected chi connectivity index (χ2v) is 5.53. The molecular formula is C18H17NO4. The molecule has 2 N–H and O–H groups in total. The average molecular weight is 311 g/mol. The molecule has 2 atom stereocenters. The lowest BCUT2D eigenvalue weighted by Gasteiger charge is -2.28. The first-order valence-corrected chi connectivity index (χ1v) is 7.44. The van der Waals surface area contributed by atoms with Gasteiger partial charge in [-0.15, -0.1) is 0 Å². The van der Waals surface area contributed by atoms with Crippen LogP contribution in [-0.2, 0) is 0 Å². The summed E-state index contributed by atoms with van der Waals surface area (Å²) in [5, 5.41) is 14.0. The second-order valence-electron chi connectivity index (χ2n) is 5.53. The van der Waals surface area contributed by atoms with Gasteiger partial charge in [0.1, 0.15) is 11.9 Å². The summed E-state index contributed by atoms with van der Waals surface area (Å²) in [6.07, 6.45) is 3.13. The second kappa shape index (κ2) is 5.52. The number of benzene rings is 2. The van der Waals surface area contributed by atoms with Gasteiger partial charge in [0.05, 0.1) is 13.2 Å². The molecule has 2 unspecified atom stereocenters. The van der Waals surface area contributed by atoms with Gasteiger partial charge in [0.15, 0.2) is 11.5 Å². The fourth-order valence-corrected chi connectivity index (χ4v) is 2.97. The molecule has 0 radical (unpaired) electrons. The Kier molecular flexibility index (Phi) is 3.35. The monoisotopic (exact) mass is 311 g/mol. The minimum absolute atomic E-state index is 0.237. The van der Waals surface area contributed by atoms with Crippen molar-refractivity contribution in [1.82, 2.24) is 5.32 Å². The van der Waals surface area contributed by atoms with E-state index in [4.69, 9.17) is 14.2 Å². The summed E-state index contributed by atoms with van der Waals surface area (Å²) >= 11 is 0. The van der Waals surface area contributed by atoms with Crippen LogP contribution in [0.25, 0.3) is 6.08 Å². The third-order valence-corrected chi connectivity index (χ3v) is 4.23. The molecule has 118 valence electrons. The number of aliphatic hydroxyl groups excluding tert-OH is 1. The highest BCUT2D eigenvalue weighted by atomic mass is 16.7. The van der Waals surface area contributed by atoms with Crippen molar-refractivity contribution in [3.63, 3.8) is 0 Å². The van der Waals surface area contributed by atoms with E-state index in [0.29, 0.717) is 5.75 Å². The van der Waals surface area contributed by atoms with Gasteiger partial charge in [-0.25, -0.2) is 0 Å². The van der Waals surface area contributed by atoms with Crippen LogP contribution in [0.5, 0.6) is 17.2 Å². The number of rotatable bonds is 3. The Labute approximate surface area is 134 Å². The summed E-state index contributed by atoms with van der Waals surface area (Å²) < 4.78 is 16.0. The van der Waals surface area contributed by atoms with E-state index in [1.807, 2.05) is 48.7 Å². The van der Waals surface area contributed by atoms with Crippen molar-refractivity contribution in [1.29, 1.82) is 0 Å². The molecule has 0 fully saturated rings. The summed E-state index contributed by atoms with van der Waals surface area (Å²) in [5.41, 5.74) is 2.83. The minimum atomic E-state index is -0.690. The molecule has 2 aliphatic rings. The molecule has 0 saturated heterocycles. The number of methoxy groups -OCH3 is 1. The third kappa shape index (κ3) is 2.39. The van der Waals surface area contributed by atoms with Gasteiger partial charge >= 0.3 is 0 Å². The van der Waals surface area contributed by atoms with Crippen LogP contribution in [-0.4, -0.2) is 19.0 Å². The van der Waals surface area contributed by atoms with Crippen molar-refractivity contribution in [3.05, 3.63) is 59.3 Å². The molecule has 2 aromatic carbocycles. The van der Waals surface area contributed by atoms with Crippen LogP contribution in [0.2, 0.25) is 0 Å². The molecule has 5 heteroatoms. The zero-order chi connectivity index (χ0) is 15.8. The van der Waals surface area contributed by atoms with Crippen LogP contribution in [0, 0.1) is 0 Å². The number of aliphatic hydroxyl groups is 1. The molecule has 0 bridgehead atoms. The molecule has 2 aliphatic heterocycles. The van der Waals surface area contributed by atoms with Crippen LogP contribution in [0.4, 0.5) is 0 Å². The molecular weight excluding hydrogens is 294 g/mol.